The van der Waals surface area contributed by atoms with E-state index in [1.807, 2.05) is 6.26 Å². The number of nitriles is 1. The first-order valence-corrected chi connectivity index (χ1v) is 6.67. The van der Waals surface area contributed by atoms with E-state index < -0.39 is 0 Å². The summed E-state index contributed by atoms with van der Waals surface area (Å²) in [5.74, 6) is 0.651. The van der Waals surface area contributed by atoms with Crippen molar-refractivity contribution in [3.8, 4) is 11.8 Å². The maximum absolute atomic E-state index is 9.21. The molecule has 104 valence electrons. The van der Waals surface area contributed by atoms with E-state index in [0.717, 1.165) is 0 Å². The Morgan fingerprint density at radius 2 is 2.25 bits per heavy atom. The fourth-order valence-electron chi connectivity index (χ4n) is 1.52. The Morgan fingerprint density at radius 3 is 2.80 bits per heavy atom. The first-order valence-electron chi connectivity index (χ1n) is 5.45. The number of halogens is 1. The van der Waals surface area contributed by atoms with Gasteiger partial charge in [-0.05, 0) is 31.4 Å². The fourth-order valence-corrected chi connectivity index (χ4v) is 1.71. The van der Waals surface area contributed by atoms with Crippen LogP contribution in [0.2, 0.25) is 0 Å². The average molecular weight is 400 g/mol. The molecule has 2 N–H and O–H groups in total. The van der Waals surface area contributed by atoms with Gasteiger partial charge in [-0.25, -0.2) is 14.7 Å². The summed E-state index contributed by atoms with van der Waals surface area (Å²) in [4.78, 5) is 8.23. The highest BCUT2D eigenvalue weighted by atomic mass is 127. The molecule has 0 bridgehead atoms. The zero-order chi connectivity index (χ0) is 13.8. The zero-order valence-corrected chi connectivity index (χ0v) is 14.1. The summed E-state index contributed by atoms with van der Waals surface area (Å²) < 4.78 is 1.57. The Morgan fingerprint density at radius 1 is 1.50 bits per heavy atom. The van der Waals surface area contributed by atoms with Crippen LogP contribution in [0.25, 0.3) is 5.69 Å². The van der Waals surface area contributed by atoms with Crippen LogP contribution < -0.4 is 5.73 Å². The number of aliphatic imine (C=N–C) groups is 1. The van der Waals surface area contributed by atoms with Gasteiger partial charge in [0, 0.05) is 0 Å². The monoisotopic (exact) mass is 400 g/mol. The van der Waals surface area contributed by atoms with Crippen molar-refractivity contribution in [1.29, 1.82) is 5.26 Å². The lowest BCUT2D eigenvalue weighted by Gasteiger charge is -2.04. The van der Waals surface area contributed by atoms with Gasteiger partial charge in [0.1, 0.15) is 18.2 Å². The molecule has 0 spiro atoms. The van der Waals surface area contributed by atoms with Gasteiger partial charge in [-0.3, -0.25) is 0 Å². The van der Waals surface area contributed by atoms with Gasteiger partial charge in [-0.15, -0.1) is 24.0 Å². The van der Waals surface area contributed by atoms with Crippen molar-refractivity contribution in [1.82, 2.24) is 14.8 Å². The maximum atomic E-state index is 9.21. The Hall–Kier alpha value is -1.60. The molecule has 0 saturated carbocycles. The Bertz CT molecular complexity index is 673. The number of amidine groups is 1. The minimum atomic E-state index is 0. The lowest BCUT2D eigenvalue weighted by Crippen LogP contribution is -2.04. The molecule has 0 fully saturated rings. The summed E-state index contributed by atoms with van der Waals surface area (Å²) in [7, 11) is 0. The molecule has 1 heterocycles. The van der Waals surface area contributed by atoms with Crippen molar-refractivity contribution >= 4 is 46.6 Å². The second-order valence-electron chi connectivity index (χ2n) is 3.70. The molecule has 20 heavy (non-hydrogen) atoms. The Kier molecular flexibility index (Phi) is 5.97. The lowest BCUT2D eigenvalue weighted by atomic mass is 10.2. The van der Waals surface area contributed by atoms with Gasteiger partial charge in [-0.1, -0.05) is 11.8 Å². The van der Waals surface area contributed by atoms with Crippen molar-refractivity contribution < 1.29 is 0 Å². The highest BCUT2D eigenvalue weighted by molar-refractivity contribution is 14.0. The molecule has 0 amide bonds. The van der Waals surface area contributed by atoms with Crippen molar-refractivity contribution in [2.24, 2.45) is 10.7 Å². The predicted octanol–water partition coefficient (Wildman–Crippen LogP) is 2.37. The average Bonchev–Trinajstić information content (AvgIpc) is 2.84. The molecular weight excluding hydrogens is 387 g/mol. The SMILES string of the molecule is CSC(N)=Nc1ccc(-n2cnc(C)n2)c(C#N)c1.I. The van der Waals surface area contributed by atoms with Crippen LogP contribution >= 0.6 is 35.7 Å². The summed E-state index contributed by atoms with van der Waals surface area (Å²) in [6, 6.07) is 7.37. The molecule has 8 heteroatoms. The first kappa shape index (κ1) is 16.5. The number of thioether (sulfide) groups is 1. The number of aromatic nitrogens is 3. The molecule has 0 radical (unpaired) electrons. The topological polar surface area (TPSA) is 92.9 Å². The second kappa shape index (κ2) is 7.25. The highest BCUT2D eigenvalue weighted by Crippen LogP contribution is 2.21. The molecule has 0 aliphatic carbocycles. The van der Waals surface area contributed by atoms with Gasteiger partial charge >= 0.3 is 0 Å². The quantitative estimate of drug-likeness (QED) is 0.475. The molecular formula is C12H13IN6S. The number of rotatable bonds is 2. The second-order valence-corrected chi connectivity index (χ2v) is 4.53. The third-order valence-electron chi connectivity index (χ3n) is 2.40. The van der Waals surface area contributed by atoms with Crippen LogP contribution in [-0.2, 0) is 0 Å². The standard InChI is InChI=1S/C12H12N6S.HI/c1-8-15-7-18(17-8)11-4-3-10(5-9(11)6-13)16-12(14)19-2;/h3-5,7H,1-2H3,(H2,14,16);1H. The van der Waals surface area contributed by atoms with Crippen LogP contribution in [0.1, 0.15) is 11.4 Å². The number of benzene rings is 1. The zero-order valence-electron chi connectivity index (χ0n) is 10.9. The summed E-state index contributed by atoms with van der Waals surface area (Å²) >= 11 is 1.35. The van der Waals surface area contributed by atoms with E-state index in [-0.39, 0.29) is 24.0 Å². The minimum Gasteiger partial charge on any atom is -0.378 e. The molecule has 0 atom stereocenters. The number of hydrogen-bond acceptors (Lipinski definition) is 5. The highest BCUT2D eigenvalue weighted by Gasteiger charge is 2.07. The molecule has 0 saturated heterocycles. The van der Waals surface area contributed by atoms with Crippen LogP contribution in [0, 0.1) is 18.3 Å². The Labute approximate surface area is 138 Å². The number of nitrogens with two attached hydrogens (primary N) is 1. The maximum Gasteiger partial charge on any atom is 0.158 e. The summed E-state index contributed by atoms with van der Waals surface area (Å²) in [5.41, 5.74) is 7.44. The molecule has 1 aromatic heterocycles. The smallest absolute Gasteiger partial charge is 0.158 e. The fraction of sp³-hybridized carbons (Fsp3) is 0.167. The molecule has 2 aromatic rings. The van der Waals surface area contributed by atoms with Crippen LogP contribution in [0.3, 0.4) is 0 Å². The van der Waals surface area contributed by atoms with Gasteiger partial charge in [0.2, 0.25) is 0 Å². The molecule has 0 unspecified atom stereocenters. The van der Waals surface area contributed by atoms with Crippen molar-refractivity contribution in [3.63, 3.8) is 0 Å². The Balaban J connectivity index is 0.00000200. The van der Waals surface area contributed by atoms with E-state index in [9.17, 15) is 5.26 Å². The molecule has 1 aromatic carbocycles. The van der Waals surface area contributed by atoms with Gasteiger partial charge < -0.3 is 5.73 Å². The van der Waals surface area contributed by atoms with E-state index in [4.69, 9.17) is 5.73 Å². The summed E-state index contributed by atoms with van der Waals surface area (Å²) in [6.07, 6.45) is 3.42. The van der Waals surface area contributed by atoms with Crippen LogP contribution in [0.5, 0.6) is 0 Å². The van der Waals surface area contributed by atoms with Crippen LogP contribution in [0.15, 0.2) is 29.5 Å². The summed E-state index contributed by atoms with van der Waals surface area (Å²) in [6.45, 7) is 1.79. The van der Waals surface area contributed by atoms with E-state index in [2.05, 4.69) is 21.1 Å². The third-order valence-corrected chi connectivity index (χ3v) is 2.91. The van der Waals surface area contributed by atoms with Crippen molar-refractivity contribution in [3.05, 3.63) is 35.9 Å². The number of hydrogen-bond donors (Lipinski definition) is 1. The minimum absolute atomic E-state index is 0. The molecule has 6 nitrogen and oxygen atoms in total. The van der Waals surface area contributed by atoms with Gasteiger partial charge in [-0.2, -0.15) is 10.4 Å². The normalized spacial score (nSPS) is 10.8. The van der Waals surface area contributed by atoms with E-state index in [1.165, 1.54) is 11.8 Å². The van der Waals surface area contributed by atoms with Gasteiger partial charge in [0.25, 0.3) is 0 Å². The van der Waals surface area contributed by atoms with Crippen LogP contribution in [0.4, 0.5) is 5.69 Å². The van der Waals surface area contributed by atoms with Gasteiger partial charge in [0.05, 0.1) is 16.9 Å². The first-order chi connectivity index (χ1) is 9.13. The largest absolute Gasteiger partial charge is 0.378 e. The molecule has 2 rings (SSSR count). The number of nitrogens with zero attached hydrogens (tertiary/aromatic N) is 5. The van der Waals surface area contributed by atoms with Crippen LogP contribution in [-0.4, -0.2) is 26.2 Å². The van der Waals surface area contributed by atoms with E-state index in [1.54, 1.807) is 36.1 Å². The van der Waals surface area contributed by atoms with Gasteiger partial charge in [0.15, 0.2) is 5.17 Å². The number of aryl methyl sites for hydroxylation is 1. The lowest BCUT2D eigenvalue weighted by molar-refractivity contribution is 0.860. The molecule has 0 aliphatic heterocycles. The predicted molar refractivity (Wildman–Crippen MR) is 91.0 cm³/mol. The van der Waals surface area contributed by atoms with E-state index >= 15 is 0 Å². The van der Waals surface area contributed by atoms with Crippen molar-refractivity contribution in [2.75, 3.05) is 6.26 Å². The van der Waals surface area contributed by atoms with E-state index in [0.29, 0.717) is 27.9 Å². The molecule has 0 aliphatic rings. The summed E-state index contributed by atoms with van der Waals surface area (Å²) in [5, 5.41) is 13.8. The van der Waals surface area contributed by atoms with Crippen molar-refractivity contribution in [2.45, 2.75) is 6.92 Å². The third kappa shape index (κ3) is 3.71.